The highest BCUT2D eigenvalue weighted by Gasteiger charge is 2.51. The fraction of sp³-hybridized carbons (Fsp3) is 0.444. The van der Waals surface area contributed by atoms with Gasteiger partial charge in [-0.3, -0.25) is 14.7 Å². The van der Waals surface area contributed by atoms with E-state index in [4.69, 9.17) is 9.47 Å². The molecule has 0 spiro atoms. The van der Waals surface area contributed by atoms with Crippen molar-refractivity contribution in [1.29, 1.82) is 0 Å². The number of aliphatic hydroxyl groups excluding tert-OH is 1. The molecule has 1 aromatic heterocycles. The molecule has 3 heterocycles. The molecule has 9 heteroatoms. The quantitative estimate of drug-likeness (QED) is 0.241. The van der Waals surface area contributed by atoms with Gasteiger partial charge in [0.1, 0.15) is 5.75 Å². The number of hydrogen-bond acceptors (Lipinski definition) is 5. The number of ether oxygens (including phenoxy) is 2. The number of aliphatic hydroxyl groups is 1. The van der Waals surface area contributed by atoms with Crippen LogP contribution >= 0.6 is 0 Å². The summed E-state index contributed by atoms with van der Waals surface area (Å²) in [6, 6.07) is 24.1. The van der Waals surface area contributed by atoms with E-state index in [2.05, 4.69) is 49.4 Å². The maximum atomic E-state index is 13.6. The van der Waals surface area contributed by atoms with E-state index in [1.54, 1.807) is 11.8 Å². The molecule has 6 rings (SSSR count). The van der Waals surface area contributed by atoms with Gasteiger partial charge in [-0.2, -0.15) is 0 Å². The minimum atomic E-state index is -2.09. The summed E-state index contributed by atoms with van der Waals surface area (Å²) in [5.74, 6) is 1.22. The van der Waals surface area contributed by atoms with Crippen molar-refractivity contribution >= 4 is 30.1 Å². The van der Waals surface area contributed by atoms with E-state index >= 15 is 0 Å². The predicted molar refractivity (Wildman–Crippen MR) is 180 cm³/mol. The Morgan fingerprint density at radius 1 is 1.04 bits per heavy atom. The van der Waals surface area contributed by atoms with Crippen LogP contribution in [0, 0.1) is 5.92 Å². The smallest absolute Gasteiger partial charge is 0.279 e. The van der Waals surface area contributed by atoms with Gasteiger partial charge in [0.25, 0.3) is 5.56 Å². The molecule has 0 bridgehead atoms. The van der Waals surface area contributed by atoms with Crippen LogP contribution in [0.4, 0.5) is 0 Å². The normalized spacial score (nSPS) is 23.6. The highest BCUT2D eigenvalue weighted by atomic mass is 28.3. The van der Waals surface area contributed by atoms with Gasteiger partial charge in [0.15, 0.2) is 0 Å². The number of rotatable bonds is 10. The van der Waals surface area contributed by atoms with E-state index < -0.39 is 8.07 Å². The molecular formula is C36H45N3O5Si. The summed E-state index contributed by atoms with van der Waals surface area (Å²) >= 11 is 0. The first-order chi connectivity index (χ1) is 21.7. The fourth-order valence-electron chi connectivity index (χ4n) is 7.85. The first kappa shape index (κ1) is 31.3. The van der Waals surface area contributed by atoms with Crippen molar-refractivity contribution in [2.24, 2.45) is 5.92 Å². The molecule has 238 valence electrons. The van der Waals surface area contributed by atoms with E-state index in [0.717, 1.165) is 42.6 Å². The number of nitrogens with zero attached hydrogens (tertiary/aromatic N) is 2. The van der Waals surface area contributed by atoms with Crippen LogP contribution in [0.2, 0.25) is 18.6 Å². The van der Waals surface area contributed by atoms with Crippen LogP contribution in [0.1, 0.15) is 38.2 Å². The average Bonchev–Trinajstić information content (AvgIpc) is 3.76. The number of aromatic amines is 1. The number of carbonyl (C=O) groups is 1. The van der Waals surface area contributed by atoms with Crippen molar-refractivity contribution in [3.8, 4) is 11.4 Å². The van der Waals surface area contributed by atoms with Crippen LogP contribution in [0.5, 0.6) is 5.75 Å². The average molecular weight is 628 g/mol. The van der Waals surface area contributed by atoms with Crippen molar-refractivity contribution in [2.75, 3.05) is 20.3 Å². The number of fused-ring (bicyclic) bond motifs is 1. The standard InChI is InChI=1S/C36H45N3O5Si/c1-24-32(20-13-25-11-14-26(15-12-25)39-36(42)30-9-5-6-10-31(30)37-39)44-33(22-34(41)38-21-7-8-27(38)23-40)35(24)45(3,4)29-18-16-28(43-2)17-19-29/h5-6,9-12,14-19,24,27,32-33,35,37,40H,7-8,13,20-23H2,1-4H3/t24-,27+,32+,33-,35+/m1/s1. The van der Waals surface area contributed by atoms with Gasteiger partial charge in [0.2, 0.25) is 5.91 Å². The highest BCUT2D eigenvalue weighted by Crippen LogP contribution is 2.46. The number of aromatic nitrogens is 2. The summed E-state index contributed by atoms with van der Waals surface area (Å²) in [6.07, 6.45) is 3.69. The number of para-hydroxylation sites is 1. The summed E-state index contributed by atoms with van der Waals surface area (Å²) in [4.78, 5) is 28.4. The Labute approximate surface area is 266 Å². The summed E-state index contributed by atoms with van der Waals surface area (Å²) in [7, 11) is -0.407. The molecule has 0 aliphatic carbocycles. The Morgan fingerprint density at radius 3 is 2.47 bits per heavy atom. The highest BCUT2D eigenvalue weighted by molar-refractivity contribution is 6.91. The minimum Gasteiger partial charge on any atom is -0.497 e. The second-order valence-corrected chi connectivity index (χ2v) is 18.0. The van der Waals surface area contributed by atoms with Gasteiger partial charge in [-0.1, -0.05) is 61.6 Å². The van der Waals surface area contributed by atoms with Crippen molar-refractivity contribution in [3.05, 3.63) is 88.7 Å². The Balaban J connectivity index is 1.20. The molecule has 2 saturated heterocycles. The van der Waals surface area contributed by atoms with Crippen molar-refractivity contribution < 1.29 is 19.4 Å². The third-order valence-corrected chi connectivity index (χ3v) is 14.7. The molecule has 0 unspecified atom stereocenters. The molecule has 45 heavy (non-hydrogen) atoms. The van der Waals surface area contributed by atoms with E-state index in [0.29, 0.717) is 18.4 Å². The Morgan fingerprint density at radius 2 is 1.78 bits per heavy atom. The Kier molecular flexibility index (Phi) is 9.04. The van der Waals surface area contributed by atoms with Gasteiger partial charge in [-0.15, -0.1) is 0 Å². The largest absolute Gasteiger partial charge is 0.497 e. The third-order valence-electron chi connectivity index (χ3n) is 10.4. The van der Waals surface area contributed by atoms with Gasteiger partial charge in [0.05, 0.1) is 63.1 Å². The lowest BCUT2D eigenvalue weighted by Gasteiger charge is -2.36. The van der Waals surface area contributed by atoms with E-state index in [1.807, 2.05) is 53.4 Å². The fourth-order valence-corrected chi connectivity index (χ4v) is 11.9. The zero-order valence-corrected chi connectivity index (χ0v) is 27.7. The molecule has 8 nitrogen and oxygen atoms in total. The number of methoxy groups -OCH3 is 1. The zero-order valence-electron chi connectivity index (χ0n) is 26.7. The molecule has 2 fully saturated rings. The van der Waals surface area contributed by atoms with Crippen LogP contribution < -0.4 is 15.5 Å². The van der Waals surface area contributed by atoms with Crippen LogP contribution in [-0.2, 0) is 16.0 Å². The van der Waals surface area contributed by atoms with E-state index in [9.17, 15) is 14.7 Å². The Bertz CT molecular complexity index is 1680. The van der Waals surface area contributed by atoms with Gasteiger partial charge >= 0.3 is 0 Å². The van der Waals surface area contributed by atoms with Gasteiger partial charge in [-0.25, -0.2) is 4.68 Å². The maximum Gasteiger partial charge on any atom is 0.279 e. The first-order valence-corrected chi connectivity index (χ1v) is 19.3. The van der Waals surface area contributed by atoms with Crippen molar-refractivity contribution in [3.63, 3.8) is 0 Å². The number of aryl methyl sites for hydroxylation is 1. The molecule has 2 aliphatic heterocycles. The molecule has 0 radical (unpaired) electrons. The van der Waals surface area contributed by atoms with Gasteiger partial charge < -0.3 is 19.5 Å². The van der Waals surface area contributed by atoms with Gasteiger partial charge in [-0.05, 0) is 79.1 Å². The molecule has 4 aromatic rings. The van der Waals surface area contributed by atoms with Crippen LogP contribution in [0.15, 0.2) is 77.6 Å². The lowest BCUT2D eigenvalue weighted by atomic mass is 9.95. The summed E-state index contributed by atoms with van der Waals surface area (Å²) in [5.41, 5.74) is 3.01. The predicted octanol–water partition coefficient (Wildman–Crippen LogP) is 5.02. The van der Waals surface area contributed by atoms with Crippen LogP contribution in [0.3, 0.4) is 0 Å². The second-order valence-electron chi connectivity index (χ2n) is 13.3. The third kappa shape index (κ3) is 6.13. The minimum absolute atomic E-state index is 0.0134. The number of hydrogen-bond donors (Lipinski definition) is 2. The summed E-state index contributed by atoms with van der Waals surface area (Å²) in [5, 5.41) is 15.1. The van der Waals surface area contributed by atoms with Crippen molar-refractivity contribution in [1.82, 2.24) is 14.7 Å². The second kappa shape index (κ2) is 13.0. The van der Waals surface area contributed by atoms with Crippen LogP contribution in [-0.4, -0.2) is 72.3 Å². The molecule has 0 saturated carbocycles. The number of nitrogens with one attached hydrogen (secondary N) is 1. The lowest BCUT2D eigenvalue weighted by molar-refractivity contribution is -0.135. The maximum absolute atomic E-state index is 13.6. The molecule has 5 atom stereocenters. The Hall–Kier alpha value is -3.66. The van der Waals surface area contributed by atoms with Crippen molar-refractivity contribution in [2.45, 2.75) is 75.9 Å². The van der Waals surface area contributed by atoms with Gasteiger partial charge in [0, 0.05) is 6.54 Å². The SMILES string of the molecule is COc1ccc([Si](C)(C)[C@H]2[C@H](C)[C@H](CCc3ccc(-n4[nH]c5ccccc5c4=O)cc3)O[C@@H]2CC(=O)N2CCC[C@H]2CO)cc1. The van der Waals surface area contributed by atoms with E-state index in [-0.39, 0.29) is 47.8 Å². The molecular weight excluding hydrogens is 582 g/mol. The number of carbonyl (C=O) groups excluding carboxylic acids is 1. The summed E-state index contributed by atoms with van der Waals surface area (Å²) < 4.78 is 13.9. The number of likely N-dealkylation sites (tertiary alicyclic amines) is 1. The molecule has 2 N–H and O–H groups in total. The summed E-state index contributed by atoms with van der Waals surface area (Å²) in [6.45, 7) is 7.82. The number of amides is 1. The molecule has 3 aromatic carbocycles. The van der Waals surface area contributed by atoms with E-state index in [1.165, 1.54) is 10.8 Å². The molecule has 1 amide bonds. The lowest BCUT2D eigenvalue weighted by Crippen LogP contribution is -2.51. The van der Waals surface area contributed by atoms with Crippen LogP contribution in [0.25, 0.3) is 16.6 Å². The zero-order chi connectivity index (χ0) is 31.7. The number of H-pyrrole nitrogens is 1. The topological polar surface area (TPSA) is 96.8 Å². The number of benzene rings is 3. The first-order valence-electron chi connectivity index (χ1n) is 16.2. The monoisotopic (exact) mass is 627 g/mol. The molecule has 2 aliphatic rings.